The number of carbonyl (C=O) groups is 2. The molecule has 6 nitrogen and oxygen atoms in total. The summed E-state index contributed by atoms with van der Waals surface area (Å²) in [4.78, 5) is 27.0. The quantitative estimate of drug-likeness (QED) is 0.708. The molecule has 0 bridgehead atoms. The third kappa shape index (κ3) is 4.82. The average molecular weight is 438 g/mol. The van der Waals surface area contributed by atoms with Gasteiger partial charge in [0.15, 0.2) is 0 Å². The Bertz CT molecular complexity index is 716. The van der Waals surface area contributed by atoms with Crippen molar-refractivity contribution >= 4 is 27.9 Å². The first kappa shape index (κ1) is 20.1. The van der Waals surface area contributed by atoms with Gasteiger partial charge in [-0.3, -0.25) is 9.69 Å². The lowest BCUT2D eigenvalue weighted by molar-refractivity contribution is -0.128. The monoisotopic (exact) mass is 437 g/mol. The lowest BCUT2D eigenvalue weighted by atomic mass is 10.0. The molecule has 0 aromatic heterocycles. The first-order valence-electron chi connectivity index (χ1n) is 9.45. The number of nitrogens with two attached hydrogens (primary N) is 1. The number of amides is 2. The van der Waals surface area contributed by atoms with Crippen LogP contribution in [-0.2, 0) is 9.53 Å². The number of hydrogen-bond acceptors (Lipinski definition) is 4. The van der Waals surface area contributed by atoms with Crippen LogP contribution in [0.25, 0.3) is 0 Å². The molecule has 2 aliphatic rings. The number of hydrogen-bond donors (Lipinski definition) is 2. The number of nitrogens with one attached hydrogen (secondary N) is 1. The fourth-order valence-electron chi connectivity index (χ4n) is 3.58. The molecule has 0 unspecified atom stereocenters. The van der Waals surface area contributed by atoms with Crippen LogP contribution in [0.15, 0.2) is 28.7 Å². The molecule has 1 heterocycles. The second-order valence-electron chi connectivity index (χ2n) is 8.52. The molecule has 1 aliphatic heterocycles. The van der Waals surface area contributed by atoms with Gasteiger partial charge in [0.2, 0.25) is 5.91 Å². The number of carbonyl (C=O) groups excluding carboxylic acids is 2. The van der Waals surface area contributed by atoms with Gasteiger partial charge >= 0.3 is 6.09 Å². The Balaban J connectivity index is 1.65. The molecule has 2 amide bonds. The maximum atomic E-state index is 12.9. The van der Waals surface area contributed by atoms with Gasteiger partial charge in [-0.05, 0) is 64.2 Å². The van der Waals surface area contributed by atoms with Crippen molar-refractivity contribution in [2.75, 3.05) is 6.54 Å². The van der Waals surface area contributed by atoms with Crippen LogP contribution < -0.4 is 11.1 Å². The van der Waals surface area contributed by atoms with Crippen LogP contribution in [0.1, 0.15) is 57.9 Å². The zero-order valence-corrected chi connectivity index (χ0v) is 17.7. The minimum Gasteiger partial charge on any atom is -0.444 e. The van der Waals surface area contributed by atoms with Gasteiger partial charge < -0.3 is 15.8 Å². The van der Waals surface area contributed by atoms with Gasteiger partial charge in [0.25, 0.3) is 0 Å². The fourth-order valence-corrected chi connectivity index (χ4v) is 3.85. The zero-order chi connectivity index (χ0) is 19.8. The number of halogens is 1. The molecule has 3 N–H and O–H groups in total. The number of nitrogens with zero attached hydrogens (tertiary/aromatic N) is 1. The van der Waals surface area contributed by atoms with E-state index in [-0.39, 0.29) is 11.8 Å². The summed E-state index contributed by atoms with van der Waals surface area (Å²) in [6, 6.07) is 7.45. The standard InChI is InChI=1S/C20H28BrN3O3/c1-19(2,3)27-18(26)24-11-5-4-6-16(24)17(25)23-20(22)12-15(20)13-7-9-14(21)10-8-13/h7-10,15-16H,4-6,11-12,22H2,1-3H3,(H,23,25)/t15-,16+,20-/m1/s1. The number of piperidine rings is 1. The normalized spacial score (nSPS) is 27.8. The summed E-state index contributed by atoms with van der Waals surface area (Å²) in [7, 11) is 0. The average Bonchev–Trinajstić information content (AvgIpc) is 3.25. The molecule has 7 heteroatoms. The van der Waals surface area contributed by atoms with Crippen molar-refractivity contribution < 1.29 is 14.3 Å². The fraction of sp³-hybridized carbons (Fsp3) is 0.600. The van der Waals surface area contributed by atoms with E-state index in [4.69, 9.17) is 10.5 Å². The summed E-state index contributed by atoms with van der Waals surface area (Å²) in [5, 5.41) is 2.99. The summed E-state index contributed by atoms with van der Waals surface area (Å²) in [6.07, 6.45) is 2.67. The van der Waals surface area contributed by atoms with Gasteiger partial charge in [-0.25, -0.2) is 4.79 Å². The van der Waals surface area contributed by atoms with Crippen LogP contribution in [0.5, 0.6) is 0 Å². The van der Waals surface area contributed by atoms with Crippen molar-refractivity contribution in [3.63, 3.8) is 0 Å². The van der Waals surface area contributed by atoms with E-state index in [1.165, 1.54) is 0 Å². The highest BCUT2D eigenvalue weighted by atomic mass is 79.9. The van der Waals surface area contributed by atoms with Gasteiger partial charge in [0.1, 0.15) is 11.6 Å². The van der Waals surface area contributed by atoms with E-state index in [9.17, 15) is 9.59 Å². The number of ether oxygens (including phenoxy) is 1. The first-order chi connectivity index (χ1) is 12.6. The van der Waals surface area contributed by atoms with E-state index in [1.807, 2.05) is 45.0 Å². The largest absolute Gasteiger partial charge is 0.444 e. The van der Waals surface area contributed by atoms with Crippen molar-refractivity contribution in [1.82, 2.24) is 10.2 Å². The molecule has 3 rings (SSSR count). The SMILES string of the molecule is CC(C)(C)OC(=O)N1CCCC[C@H]1C(=O)N[C@]1(N)C[C@@H]1c1ccc(Br)cc1. The van der Waals surface area contributed by atoms with E-state index in [1.54, 1.807) is 4.90 Å². The first-order valence-corrected chi connectivity index (χ1v) is 10.2. The molecule has 27 heavy (non-hydrogen) atoms. The zero-order valence-electron chi connectivity index (χ0n) is 16.1. The Morgan fingerprint density at radius 2 is 1.93 bits per heavy atom. The molecule has 1 aromatic carbocycles. The smallest absolute Gasteiger partial charge is 0.410 e. The Labute approximate surface area is 168 Å². The Morgan fingerprint density at radius 3 is 2.56 bits per heavy atom. The molecule has 1 aromatic rings. The van der Waals surface area contributed by atoms with Crippen LogP contribution in [0.3, 0.4) is 0 Å². The Hall–Kier alpha value is -1.60. The predicted molar refractivity (Wildman–Crippen MR) is 107 cm³/mol. The molecule has 1 saturated carbocycles. The summed E-state index contributed by atoms with van der Waals surface area (Å²) in [5.74, 6) is -0.101. The van der Waals surface area contributed by atoms with Crippen LogP contribution in [0.4, 0.5) is 4.79 Å². The highest BCUT2D eigenvalue weighted by molar-refractivity contribution is 9.10. The van der Waals surface area contributed by atoms with Crippen LogP contribution in [0.2, 0.25) is 0 Å². The van der Waals surface area contributed by atoms with Crippen LogP contribution in [0, 0.1) is 0 Å². The molecule has 0 spiro atoms. The van der Waals surface area contributed by atoms with Gasteiger partial charge in [-0.15, -0.1) is 0 Å². The summed E-state index contributed by atoms with van der Waals surface area (Å²) < 4.78 is 6.48. The van der Waals surface area contributed by atoms with Crippen LogP contribution in [-0.4, -0.2) is 40.8 Å². The molecular weight excluding hydrogens is 410 g/mol. The molecular formula is C20H28BrN3O3. The lowest BCUT2D eigenvalue weighted by Crippen LogP contribution is -2.57. The number of rotatable bonds is 3. The van der Waals surface area contributed by atoms with Gasteiger partial charge in [-0.1, -0.05) is 28.1 Å². The van der Waals surface area contributed by atoms with Gasteiger partial charge in [0.05, 0.1) is 5.66 Å². The Kier molecular flexibility index (Phi) is 5.54. The number of benzene rings is 1. The molecule has 3 atom stereocenters. The second kappa shape index (κ2) is 7.43. The van der Waals surface area contributed by atoms with Crippen LogP contribution >= 0.6 is 15.9 Å². The van der Waals surface area contributed by atoms with Gasteiger partial charge in [0, 0.05) is 16.9 Å². The lowest BCUT2D eigenvalue weighted by Gasteiger charge is -2.36. The van der Waals surface area contributed by atoms with Crippen molar-refractivity contribution in [2.24, 2.45) is 5.73 Å². The van der Waals surface area contributed by atoms with Crippen molar-refractivity contribution in [1.29, 1.82) is 0 Å². The highest BCUT2D eigenvalue weighted by Gasteiger charge is 2.54. The molecule has 2 fully saturated rings. The molecule has 1 aliphatic carbocycles. The third-order valence-electron chi connectivity index (χ3n) is 5.07. The molecule has 148 valence electrons. The maximum Gasteiger partial charge on any atom is 0.410 e. The van der Waals surface area contributed by atoms with E-state index in [2.05, 4.69) is 21.2 Å². The highest BCUT2D eigenvalue weighted by Crippen LogP contribution is 2.47. The van der Waals surface area contributed by atoms with Crippen molar-refractivity contribution in [3.05, 3.63) is 34.3 Å². The van der Waals surface area contributed by atoms with Crippen molar-refractivity contribution in [3.8, 4) is 0 Å². The van der Waals surface area contributed by atoms with Crippen molar-refractivity contribution in [2.45, 2.75) is 69.7 Å². The number of likely N-dealkylation sites (tertiary alicyclic amines) is 1. The van der Waals surface area contributed by atoms with E-state index in [0.717, 1.165) is 22.9 Å². The summed E-state index contributed by atoms with van der Waals surface area (Å²) in [5.41, 5.74) is 6.18. The minimum absolute atomic E-state index is 0.0908. The summed E-state index contributed by atoms with van der Waals surface area (Å²) in [6.45, 7) is 6.00. The minimum atomic E-state index is -0.748. The second-order valence-corrected chi connectivity index (χ2v) is 9.44. The van der Waals surface area contributed by atoms with E-state index >= 15 is 0 Å². The third-order valence-corrected chi connectivity index (χ3v) is 5.59. The topological polar surface area (TPSA) is 84.7 Å². The van der Waals surface area contributed by atoms with E-state index < -0.39 is 23.4 Å². The predicted octanol–water partition coefficient (Wildman–Crippen LogP) is 3.50. The molecule has 0 radical (unpaired) electrons. The maximum absolute atomic E-state index is 12.9. The summed E-state index contributed by atoms with van der Waals surface area (Å²) >= 11 is 3.43. The Morgan fingerprint density at radius 1 is 1.26 bits per heavy atom. The van der Waals surface area contributed by atoms with Gasteiger partial charge in [-0.2, -0.15) is 0 Å². The van der Waals surface area contributed by atoms with E-state index in [0.29, 0.717) is 19.4 Å². The molecule has 1 saturated heterocycles.